The summed E-state index contributed by atoms with van der Waals surface area (Å²) in [6.45, 7) is 13.5. The van der Waals surface area contributed by atoms with Crippen LogP contribution >= 0.6 is 0 Å². The van der Waals surface area contributed by atoms with Gasteiger partial charge in [0.25, 0.3) is 20.4 Å². The molecule has 0 aromatic rings. The molecule has 1 aliphatic carbocycles. The van der Waals surface area contributed by atoms with Gasteiger partial charge in [-0.3, -0.25) is 14.4 Å². The van der Waals surface area contributed by atoms with Gasteiger partial charge in [-0.05, 0) is 0 Å². The van der Waals surface area contributed by atoms with Gasteiger partial charge in [-0.15, -0.1) is 0 Å². The van der Waals surface area contributed by atoms with Crippen LogP contribution < -0.4 is 0 Å². The summed E-state index contributed by atoms with van der Waals surface area (Å²) < 4.78 is 1.45. The number of carbonyl (C=O) groups excluding carboxylic acids is 3. The van der Waals surface area contributed by atoms with Gasteiger partial charge >= 0.3 is 66.4 Å². The number of allylic oxidation sites excluding steroid dienone is 4. The summed E-state index contributed by atoms with van der Waals surface area (Å²) >= 11 is 2.68. The van der Waals surface area contributed by atoms with Crippen LogP contribution in [-0.4, -0.2) is 20.4 Å². The first-order chi connectivity index (χ1) is 7.39. The Kier molecular flexibility index (Phi) is 30.4. The number of hydrogen-bond acceptors (Lipinski definition) is 3. The monoisotopic (exact) mass is 293 g/mol. The van der Waals surface area contributed by atoms with Crippen LogP contribution in [-0.2, 0) is 32.7 Å². The van der Waals surface area contributed by atoms with E-state index in [-0.39, 0.29) is 0 Å². The van der Waals surface area contributed by atoms with Crippen molar-refractivity contribution in [2.24, 2.45) is 0 Å². The fourth-order valence-electron chi connectivity index (χ4n) is 0.901. The Balaban J connectivity index is -0.000000208. The molecule has 4 heteroatoms. The van der Waals surface area contributed by atoms with Crippen molar-refractivity contribution >= 4 is 20.4 Å². The molecule has 6 radical (unpaired) electrons. The molecular weight excluding hydrogens is 281 g/mol. The predicted octanol–water partition coefficient (Wildman–Crippen LogP) is 1.36. The topological polar surface area (TPSA) is 51.2 Å². The Morgan fingerprint density at radius 1 is 1.00 bits per heavy atom. The van der Waals surface area contributed by atoms with E-state index in [1.54, 1.807) is 0 Å². The van der Waals surface area contributed by atoms with E-state index in [0.29, 0.717) is 0 Å². The van der Waals surface area contributed by atoms with Gasteiger partial charge in [0, 0.05) is 0 Å². The van der Waals surface area contributed by atoms with E-state index in [0.717, 1.165) is 0 Å². The molecular formula is C11H11O3Ru. The van der Waals surface area contributed by atoms with Crippen molar-refractivity contribution in [1.29, 1.82) is 0 Å². The van der Waals surface area contributed by atoms with Crippen molar-refractivity contribution in [3.63, 3.8) is 0 Å². The molecule has 15 heavy (non-hydrogen) atoms. The van der Waals surface area contributed by atoms with E-state index < -0.39 is 0 Å². The molecule has 0 saturated heterocycles. The molecule has 0 saturated carbocycles. The zero-order valence-corrected chi connectivity index (χ0v) is 9.88. The van der Waals surface area contributed by atoms with E-state index >= 15 is 0 Å². The molecule has 0 fully saturated rings. The summed E-state index contributed by atoms with van der Waals surface area (Å²) in [5.41, 5.74) is 0. The van der Waals surface area contributed by atoms with Crippen LogP contribution in [0.2, 0.25) is 0 Å². The first kappa shape index (κ1) is 19.7. The first-order valence-electron chi connectivity index (χ1n) is 4.01. The van der Waals surface area contributed by atoms with Crippen LogP contribution in [0.1, 0.15) is 25.7 Å². The quantitative estimate of drug-likeness (QED) is 0.633. The molecule has 0 bridgehead atoms. The van der Waals surface area contributed by atoms with Crippen molar-refractivity contribution in [2.45, 2.75) is 25.7 Å². The third-order valence-electron chi connectivity index (χ3n) is 1.44. The Bertz CT molecular complexity index is 174. The molecule has 0 aromatic carbocycles. The van der Waals surface area contributed by atoms with Gasteiger partial charge in [0.1, 0.15) is 0 Å². The van der Waals surface area contributed by atoms with Crippen molar-refractivity contribution in [3.8, 4) is 0 Å². The predicted molar refractivity (Wildman–Crippen MR) is 52.8 cm³/mol. The number of hydrogen-bond donors (Lipinski definition) is 0. The summed E-state index contributed by atoms with van der Waals surface area (Å²) in [6, 6.07) is 0. The van der Waals surface area contributed by atoms with Crippen LogP contribution in [0.5, 0.6) is 0 Å². The van der Waals surface area contributed by atoms with Crippen molar-refractivity contribution < 1.29 is 32.7 Å². The Hall–Kier alpha value is -0.887. The average Bonchev–Trinajstić information content (AvgIpc) is 2.32. The third-order valence-corrected chi connectivity index (χ3v) is 2.16. The molecule has 0 heterocycles. The maximum absolute atomic E-state index is 7.50. The zero-order chi connectivity index (χ0) is 12.5. The van der Waals surface area contributed by atoms with Crippen LogP contribution in [0.25, 0.3) is 0 Å². The minimum absolute atomic E-state index is 1.26. The van der Waals surface area contributed by atoms with E-state index in [1.807, 2.05) is 0 Å². The fraction of sp³-hybridized carbons (Fsp3) is 0.364. The Labute approximate surface area is 101 Å². The summed E-state index contributed by atoms with van der Waals surface area (Å²) in [7, 11) is 0. The molecule has 0 atom stereocenters. The summed E-state index contributed by atoms with van der Waals surface area (Å²) in [4.78, 5) is 22.5. The van der Waals surface area contributed by atoms with Crippen LogP contribution in [0.4, 0.5) is 0 Å². The van der Waals surface area contributed by atoms with Gasteiger partial charge in [-0.1, -0.05) is 0 Å². The van der Waals surface area contributed by atoms with Crippen molar-refractivity contribution in [1.82, 2.24) is 0 Å². The minimum atomic E-state index is 1.26. The molecule has 0 amide bonds. The van der Waals surface area contributed by atoms with Crippen LogP contribution in [0, 0.1) is 0 Å². The number of rotatable bonds is 0. The van der Waals surface area contributed by atoms with Crippen LogP contribution in [0.3, 0.4) is 0 Å². The van der Waals surface area contributed by atoms with Gasteiger partial charge in [0.05, 0.1) is 0 Å². The van der Waals surface area contributed by atoms with Crippen molar-refractivity contribution in [2.75, 3.05) is 0 Å². The second-order valence-corrected chi connectivity index (χ2v) is 3.39. The molecule has 81 valence electrons. The SMILES string of the molecule is [C]=O.[C]=O.[C]=O.[Ru]/[C]1=C/C=C\CCCC1. The van der Waals surface area contributed by atoms with E-state index in [2.05, 4.69) is 56.9 Å². The van der Waals surface area contributed by atoms with Crippen LogP contribution in [0.15, 0.2) is 22.4 Å². The van der Waals surface area contributed by atoms with Gasteiger partial charge in [0.2, 0.25) is 0 Å². The molecule has 0 aromatic heterocycles. The molecule has 0 spiro atoms. The molecule has 0 aliphatic heterocycles. The molecule has 1 rings (SSSR count). The summed E-state index contributed by atoms with van der Waals surface area (Å²) in [5, 5.41) is 0. The first-order valence-corrected chi connectivity index (χ1v) is 4.88. The van der Waals surface area contributed by atoms with Gasteiger partial charge in [-0.2, -0.15) is 0 Å². The second kappa shape index (κ2) is 23.2. The van der Waals surface area contributed by atoms with Gasteiger partial charge in [0.15, 0.2) is 0 Å². The van der Waals surface area contributed by atoms with E-state index in [4.69, 9.17) is 14.4 Å². The second-order valence-electron chi connectivity index (χ2n) is 2.27. The Morgan fingerprint density at radius 3 is 2.07 bits per heavy atom. The van der Waals surface area contributed by atoms with Crippen molar-refractivity contribution in [3.05, 3.63) is 22.4 Å². The average molecular weight is 292 g/mol. The fourth-order valence-corrected chi connectivity index (χ4v) is 1.38. The molecule has 0 N–H and O–H groups in total. The van der Waals surface area contributed by atoms with E-state index in [9.17, 15) is 0 Å². The standard InChI is InChI=1S/C8H11.3CO.Ru/c1-2-4-6-8-7-5-3-1;3*1-2;/h1-3H,4,6-8H2;;;;/b2-1-,5-3?;;;;. The zero-order valence-electron chi connectivity index (χ0n) is 8.14. The maximum atomic E-state index is 7.50. The normalized spacial score (nSPS) is 18.6. The Morgan fingerprint density at radius 2 is 1.53 bits per heavy atom. The van der Waals surface area contributed by atoms with E-state index in [1.165, 1.54) is 29.9 Å². The molecule has 3 nitrogen and oxygen atoms in total. The summed E-state index contributed by atoms with van der Waals surface area (Å²) in [6.07, 6.45) is 11.8. The van der Waals surface area contributed by atoms with Gasteiger partial charge < -0.3 is 0 Å². The summed E-state index contributed by atoms with van der Waals surface area (Å²) in [5.74, 6) is 0. The van der Waals surface area contributed by atoms with Gasteiger partial charge in [-0.25, -0.2) is 0 Å². The molecule has 1 aliphatic rings. The molecule has 0 unspecified atom stereocenters. The third kappa shape index (κ3) is 19.5.